The maximum absolute atomic E-state index is 11.8. The molecular weight excluding hydrogens is 280 g/mol. The summed E-state index contributed by atoms with van der Waals surface area (Å²) in [7, 11) is 0. The lowest BCUT2D eigenvalue weighted by Crippen LogP contribution is -2.33. The number of nitrogens with one attached hydrogen (secondary N) is 2. The van der Waals surface area contributed by atoms with Crippen LogP contribution in [0, 0.1) is 0 Å². The zero-order valence-corrected chi connectivity index (χ0v) is 11.1. The number of anilines is 1. The van der Waals surface area contributed by atoms with Gasteiger partial charge in [0, 0.05) is 0 Å². The largest absolute Gasteiger partial charge is 0.481 e. The molecule has 104 valence electrons. The van der Waals surface area contributed by atoms with Gasteiger partial charge in [0.05, 0.1) is 12.5 Å². The van der Waals surface area contributed by atoms with Crippen molar-refractivity contribution in [1.82, 2.24) is 15.5 Å². The zero-order valence-electron chi connectivity index (χ0n) is 10.3. The molecule has 2 rings (SSSR count). The summed E-state index contributed by atoms with van der Waals surface area (Å²) >= 11 is 1.18. The fraction of sp³-hybridized carbons (Fsp3) is 0.167. The predicted octanol–water partition coefficient (Wildman–Crippen LogP) is 1.88. The first kappa shape index (κ1) is 13.9. The normalized spacial score (nSPS) is 11.6. The number of carbonyl (C=O) groups is 2. The summed E-state index contributed by atoms with van der Waals surface area (Å²) in [6.07, 6.45) is -0.201. The molecule has 8 heteroatoms. The number of hydrogen-bond acceptors (Lipinski definition) is 5. The van der Waals surface area contributed by atoms with Crippen molar-refractivity contribution in [2.45, 2.75) is 12.5 Å². The molecule has 1 heterocycles. The molecule has 3 N–H and O–H groups in total. The second-order valence-electron chi connectivity index (χ2n) is 3.90. The Morgan fingerprint density at radius 1 is 1.30 bits per heavy atom. The SMILES string of the molecule is O=C(O)CC(NC(=O)Nc1nncs1)c1ccccc1. The van der Waals surface area contributed by atoms with Crippen LogP contribution in [0.4, 0.5) is 9.93 Å². The number of carbonyl (C=O) groups excluding carboxylic acids is 1. The Hall–Kier alpha value is -2.48. The van der Waals surface area contributed by atoms with E-state index in [1.54, 1.807) is 24.3 Å². The van der Waals surface area contributed by atoms with Crippen LogP contribution in [-0.4, -0.2) is 27.3 Å². The molecule has 2 aromatic rings. The summed E-state index contributed by atoms with van der Waals surface area (Å²) in [5, 5.41) is 21.7. The van der Waals surface area contributed by atoms with Crippen LogP contribution in [0.2, 0.25) is 0 Å². The van der Waals surface area contributed by atoms with Gasteiger partial charge in [-0.25, -0.2) is 4.79 Å². The van der Waals surface area contributed by atoms with Gasteiger partial charge in [0.2, 0.25) is 5.13 Å². The maximum atomic E-state index is 11.8. The van der Waals surface area contributed by atoms with Gasteiger partial charge in [0.15, 0.2) is 0 Å². The first-order chi connectivity index (χ1) is 9.65. The fourth-order valence-corrected chi connectivity index (χ4v) is 2.07. The second-order valence-corrected chi connectivity index (χ2v) is 4.74. The van der Waals surface area contributed by atoms with Gasteiger partial charge in [-0.1, -0.05) is 41.7 Å². The molecule has 0 aliphatic carbocycles. The molecule has 0 aliphatic heterocycles. The lowest BCUT2D eigenvalue weighted by atomic mass is 10.0. The predicted molar refractivity (Wildman–Crippen MR) is 73.5 cm³/mol. The van der Waals surface area contributed by atoms with Crippen LogP contribution in [0.15, 0.2) is 35.8 Å². The standard InChI is InChI=1S/C12H12N4O3S/c17-10(18)6-9(8-4-2-1-3-5-8)14-11(19)15-12-16-13-7-20-12/h1-5,7,9H,6H2,(H,17,18)(H2,14,15,16,19). The van der Waals surface area contributed by atoms with Gasteiger partial charge < -0.3 is 10.4 Å². The highest BCUT2D eigenvalue weighted by atomic mass is 32.1. The summed E-state index contributed by atoms with van der Waals surface area (Å²) < 4.78 is 0. The molecule has 0 radical (unpaired) electrons. The molecule has 0 aliphatic rings. The van der Waals surface area contributed by atoms with E-state index >= 15 is 0 Å². The minimum atomic E-state index is -0.991. The number of aromatic nitrogens is 2. The quantitative estimate of drug-likeness (QED) is 0.780. The minimum absolute atomic E-state index is 0.201. The van der Waals surface area contributed by atoms with Crippen molar-refractivity contribution in [3.8, 4) is 0 Å². The fourth-order valence-electron chi connectivity index (χ4n) is 1.63. The van der Waals surface area contributed by atoms with Crippen molar-refractivity contribution in [3.05, 3.63) is 41.4 Å². The van der Waals surface area contributed by atoms with Crippen molar-refractivity contribution < 1.29 is 14.7 Å². The minimum Gasteiger partial charge on any atom is -0.481 e. The van der Waals surface area contributed by atoms with Gasteiger partial charge in [-0.05, 0) is 5.56 Å². The van der Waals surface area contributed by atoms with Crippen LogP contribution in [0.25, 0.3) is 0 Å². The van der Waals surface area contributed by atoms with Crippen molar-refractivity contribution in [2.75, 3.05) is 5.32 Å². The summed E-state index contributed by atoms with van der Waals surface area (Å²) in [6, 6.07) is 7.79. The molecule has 7 nitrogen and oxygen atoms in total. The maximum Gasteiger partial charge on any atom is 0.321 e. The Morgan fingerprint density at radius 3 is 2.65 bits per heavy atom. The van der Waals surface area contributed by atoms with E-state index in [0.717, 1.165) is 5.56 Å². The number of rotatable bonds is 5. The summed E-state index contributed by atoms with van der Waals surface area (Å²) in [4.78, 5) is 22.7. The molecule has 20 heavy (non-hydrogen) atoms. The van der Waals surface area contributed by atoms with E-state index in [4.69, 9.17) is 5.11 Å². The third-order valence-corrected chi connectivity index (χ3v) is 3.07. The monoisotopic (exact) mass is 292 g/mol. The van der Waals surface area contributed by atoms with E-state index in [1.165, 1.54) is 16.8 Å². The number of amides is 2. The van der Waals surface area contributed by atoms with E-state index in [2.05, 4.69) is 20.8 Å². The van der Waals surface area contributed by atoms with Crippen LogP contribution in [0.3, 0.4) is 0 Å². The Balaban J connectivity index is 2.04. The number of nitrogens with zero attached hydrogens (tertiary/aromatic N) is 2. The molecule has 2 amide bonds. The summed E-state index contributed by atoms with van der Waals surface area (Å²) in [5.74, 6) is -0.991. The third kappa shape index (κ3) is 4.02. The molecule has 0 spiro atoms. The van der Waals surface area contributed by atoms with Gasteiger partial charge >= 0.3 is 12.0 Å². The van der Waals surface area contributed by atoms with Gasteiger partial charge in [0.1, 0.15) is 5.51 Å². The molecule has 1 atom stereocenters. The van der Waals surface area contributed by atoms with Gasteiger partial charge in [-0.2, -0.15) is 0 Å². The van der Waals surface area contributed by atoms with E-state index in [0.29, 0.717) is 5.13 Å². The highest BCUT2D eigenvalue weighted by Crippen LogP contribution is 2.17. The molecule has 1 aromatic carbocycles. The molecule has 1 aromatic heterocycles. The van der Waals surface area contributed by atoms with Crippen LogP contribution in [0.5, 0.6) is 0 Å². The lowest BCUT2D eigenvalue weighted by Gasteiger charge is -2.17. The van der Waals surface area contributed by atoms with E-state index in [9.17, 15) is 9.59 Å². The molecule has 0 bridgehead atoms. The highest BCUT2D eigenvalue weighted by Gasteiger charge is 2.18. The van der Waals surface area contributed by atoms with E-state index in [-0.39, 0.29) is 6.42 Å². The van der Waals surface area contributed by atoms with Gasteiger partial charge in [0.25, 0.3) is 0 Å². The smallest absolute Gasteiger partial charge is 0.321 e. The molecule has 0 saturated carbocycles. The molecular formula is C12H12N4O3S. The molecule has 0 saturated heterocycles. The van der Waals surface area contributed by atoms with Gasteiger partial charge in [-0.15, -0.1) is 10.2 Å². The van der Waals surface area contributed by atoms with Crippen molar-refractivity contribution in [3.63, 3.8) is 0 Å². The number of carboxylic acid groups (broad SMARTS) is 1. The molecule has 0 fully saturated rings. The van der Waals surface area contributed by atoms with Crippen LogP contribution >= 0.6 is 11.3 Å². The van der Waals surface area contributed by atoms with Crippen molar-refractivity contribution >= 4 is 28.5 Å². The summed E-state index contributed by atoms with van der Waals surface area (Å²) in [6.45, 7) is 0. The number of hydrogen-bond donors (Lipinski definition) is 3. The number of urea groups is 1. The first-order valence-corrected chi connectivity index (χ1v) is 6.63. The number of carboxylic acids is 1. The average molecular weight is 292 g/mol. The topological polar surface area (TPSA) is 104 Å². The zero-order chi connectivity index (χ0) is 14.4. The number of benzene rings is 1. The third-order valence-electron chi connectivity index (χ3n) is 2.47. The average Bonchev–Trinajstić information content (AvgIpc) is 2.91. The Morgan fingerprint density at radius 2 is 2.05 bits per heavy atom. The summed E-state index contributed by atoms with van der Waals surface area (Å²) in [5.41, 5.74) is 2.21. The van der Waals surface area contributed by atoms with Crippen LogP contribution in [-0.2, 0) is 4.79 Å². The van der Waals surface area contributed by atoms with E-state index < -0.39 is 18.0 Å². The molecule has 1 unspecified atom stereocenters. The Labute approximate surface area is 118 Å². The van der Waals surface area contributed by atoms with Crippen LogP contribution in [0.1, 0.15) is 18.0 Å². The second kappa shape index (κ2) is 6.62. The highest BCUT2D eigenvalue weighted by molar-refractivity contribution is 7.13. The van der Waals surface area contributed by atoms with Crippen LogP contribution < -0.4 is 10.6 Å². The Bertz CT molecular complexity index is 574. The van der Waals surface area contributed by atoms with Gasteiger partial charge in [-0.3, -0.25) is 10.1 Å². The lowest BCUT2D eigenvalue weighted by molar-refractivity contribution is -0.137. The first-order valence-electron chi connectivity index (χ1n) is 5.75. The Kier molecular flexibility index (Phi) is 4.61. The van der Waals surface area contributed by atoms with E-state index in [1.807, 2.05) is 6.07 Å². The van der Waals surface area contributed by atoms with Crippen molar-refractivity contribution in [2.24, 2.45) is 0 Å². The number of aliphatic carboxylic acids is 1. The van der Waals surface area contributed by atoms with Crippen molar-refractivity contribution in [1.29, 1.82) is 0 Å².